The summed E-state index contributed by atoms with van der Waals surface area (Å²) in [5.74, 6) is 0.447. The molecule has 2 heterocycles. The molecule has 0 spiro atoms. The number of benzene rings is 1. The predicted molar refractivity (Wildman–Crippen MR) is 92.4 cm³/mol. The monoisotopic (exact) mass is 346 g/mol. The maximum atomic E-state index is 12.4. The van der Waals surface area contributed by atoms with E-state index in [2.05, 4.69) is 20.2 Å². The summed E-state index contributed by atoms with van der Waals surface area (Å²) in [6.45, 7) is 5.10. The van der Waals surface area contributed by atoms with E-state index >= 15 is 0 Å². The van der Waals surface area contributed by atoms with Gasteiger partial charge in [0.1, 0.15) is 0 Å². The van der Waals surface area contributed by atoms with Gasteiger partial charge in [0.2, 0.25) is 5.95 Å². The molecule has 0 aliphatic carbocycles. The van der Waals surface area contributed by atoms with Crippen molar-refractivity contribution in [2.75, 3.05) is 31.2 Å². The minimum absolute atomic E-state index is 0.194. The van der Waals surface area contributed by atoms with E-state index in [4.69, 9.17) is 16.3 Å². The quantitative estimate of drug-likeness (QED) is 0.919. The first-order valence-corrected chi connectivity index (χ1v) is 8.20. The zero-order chi connectivity index (χ0) is 16.9. The van der Waals surface area contributed by atoms with E-state index in [1.54, 1.807) is 12.3 Å². The van der Waals surface area contributed by atoms with E-state index in [-0.39, 0.29) is 5.91 Å². The molecule has 0 unspecified atom stereocenters. The molecule has 24 heavy (non-hydrogen) atoms. The third-order valence-electron chi connectivity index (χ3n) is 3.85. The van der Waals surface area contributed by atoms with Gasteiger partial charge in [-0.25, -0.2) is 9.97 Å². The van der Waals surface area contributed by atoms with Crippen LogP contribution in [0, 0.1) is 6.92 Å². The number of halogens is 1. The van der Waals surface area contributed by atoms with E-state index in [1.165, 1.54) is 0 Å². The van der Waals surface area contributed by atoms with Crippen molar-refractivity contribution < 1.29 is 9.53 Å². The van der Waals surface area contributed by atoms with Crippen LogP contribution < -0.4 is 10.2 Å². The molecular weight excluding hydrogens is 328 g/mol. The topological polar surface area (TPSA) is 67.3 Å². The molecule has 1 saturated heterocycles. The number of carbonyl (C=O) groups is 1. The molecule has 1 amide bonds. The van der Waals surface area contributed by atoms with E-state index in [1.807, 2.05) is 25.1 Å². The molecule has 1 aliphatic heterocycles. The molecule has 7 heteroatoms. The van der Waals surface area contributed by atoms with Crippen LogP contribution >= 0.6 is 11.6 Å². The Hall–Kier alpha value is -2.18. The van der Waals surface area contributed by atoms with Crippen LogP contribution in [0.2, 0.25) is 5.02 Å². The fourth-order valence-corrected chi connectivity index (χ4v) is 2.73. The van der Waals surface area contributed by atoms with Crippen molar-refractivity contribution in [1.29, 1.82) is 0 Å². The number of aromatic nitrogens is 2. The first-order valence-electron chi connectivity index (χ1n) is 7.82. The van der Waals surface area contributed by atoms with Gasteiger partial charge in [0.25, 0.3) is 5.91 Å². The molecule has 1 N–H and O–H groups in total. The molecular formula is C17H19ClN4O2. The lowest BCUT2D eigenvalue weighted by Gasteiger charge is -2.27. The number of hydrogen-bond acceptors (Lipinski definition) is 5. The van der Waals surface area contributed by atoms with Crippen LogP contribution in [0.4, 0.5) is 5.95 Å². The van der Waals surface area contributed by atoms with Crippen LogP contribution in [-0.2, 0) is 11.3 Å². The van der Waals surface area contributed by atoms with Gasteiger partial charge in [-0.2, -0.15) is 0 Å². The van der Waals surface area contributed by atoms with E-state index in [0.29, 0.717) is 42.0 Å². The van der Waals surface area contributed by atoms with Crippen LogP contribution in [-0.4, -0.2) is 42.2 Å². The Morgan fingerprint density at radius 2 is 2.17 bits per heavy atom. The highest BCUT2D eigenvalue weighted by Crippen LogP contribution is 2.14. The predicted octanol–water partition coefficient (Wildman–Crippen LogP) is 2.21. The van der Waals surface area contributed by atoms with Gasteiger partial charge in [-0.15, -0.1) is 0 Å². The van der Waals surface area contributed by atoms with Crippen molar-refractivity contribution in [3.05, 3.63) is 52.3 Å². The Kier molecular flexibility index (Phi) is 5.27. The van der Waals surface area contributed by atoms with Crippen molar-refractivity contribution in [1.82, 2.24) is 15.3 Å². The largest absolute Gasteiger partial charge is 0.378 e. The zero-order valence-electron chi connectivity index (χ0n) is 13.5. The van der Waals surface area contributed by atoms with Crippen molar-refractivity contribution >= 4 is 23.5 Å². The summed E-state index contributed by atoms with van der Waals surface area (Å²) in [5, 5.41) is 3.52. The van der Waals surface area contributed by atoms with Crippen LogP contribution in [0.5, 0.6) is 0 Å². The summed E-state index contributed by atoms with van der Waals surface area (Å²) < 4.78 is 5.33. The number of nitrogens with one attached hydrogen (secondary N) is 1. The second-order valence-electron chi connectivity index (χ2n) is 5.58. The first-order chi connectivity index (χ1) is 11.6. The summed E-state index contributed by atoms with van der Waals surface area (Å²) >= 11 is 5.95. The molecule has 0 atom stereocenters. The molecule has 1 aromatic carbocycles. The van der Waals surface area contributed by atoms with Crippen LogP contribution in [0.3, 0.4) is 0 Å². The van der Waals surface area contributed by atoms with E-state index < -0.39 is 0 Å². The maximum absolute atomic E-state index is 12.4. The molecule has 0 saturated carbocycles. The zero-order valence-corrected chi connectivity index (χ0v) is 14.2. The Morgan fingerprint density at radius 1 is 1.38 bits per heavy atom. The number of anilines is 1. The molecule has 2 aromatic rings. The van der Waals surface area contributed by atoms with Crippen LogP contribution in [0.25, 0.3) is 0 Å². The van der Waals surface area contributed by atoms with E-state index in [0.717, 1.165) is 18.7 Å². The number of hydrogen-bond donors (Lipinski definition) is 1. The second-order valence-corrected chi connectivity index (χ2v) is 6.02. The molecule has 1 aromatic heterocycles. The SMILES string of the molecule is Cc1nc(N2CCOCC2)ncc1C(=O)NCc1cccc(Cl)c1. The second kappa shape index (κ2) is 7.59. The highest BCUT2D eigenvalue weighted by molar-refractivity contribution is 6.30. The Balaban J connectivity index is 1.66. The van der Waals surface area contributed by atoms with Gasteiger partial charge in [0, 0.05) is 30.9 Å². The summed E-state index contributed by atoms with van der Waals surface area (Å²) in [6.07, 6.45) is 1.58. The maximum Gasteiger partial charge on any atom is 0.254 e. The summed E-state index contributed by atoms with van der Waals surface area (Å²) in [4.78, 5) is 23.2. The third-order valence-corrected chi connectivity index (χ3v) is 4.08. The summed E-state index contributed by atoms with van der Waals surface area (Å²) in [7, 11) is 0. The average Bonchev–Trinajstić information content (AvgIpc) is 2.60. The number of morpholine rings is 1. The van der Waals surface area contributed by atoms with Crippen LogP contribution in [0.1, 0.15) is 21.6 Å². The highest BCUT2D eigenvalue weighted by Gasteiger charge is 2.17. The van der Waals surface area contributed by atoms with Gasteiger partial charge in [0.05, 0.1) is 24.5 Å². The smallest absolute Gasteiger partial charge is 0.254 e. The van der Waals surface area contributed by atoms with Crippen molar-refractivity contribution in [2.45, 2.75) is 13.5 Å². The van der Waals surface area contributed by atoms with Crippen molar-refractivity contribution in [2.24, 2.45) is 0 Å². The number of amides is 1. The Bertz CT molecular complexity index is 732. The van der Waals surface area contributed by atoms with E-state index in [9.17, 15) is 4.79 Å². The molecule has 0 radical (unpaired) electrons. The fraction of sp³-hybridized carbons (Fsp3) is 0.353. The Labute approximate surface area is 145 Å². The molecule has 1 aliphatic rings. The van der Waals surface area contributed by atoms with Crippen molar-refractivity contribution in [3.8, 4) is 0 Å². The van der Waals surface area contributed by atoms with Gasteiger partial charge in [-0.05, 0) is 24.6 Å². The lowest BCUT2D eigenvalue weighted by molar-refractivity contribution is 0.0949. The van der Waals surface area contributed by atoms with Gasteiger partial charge in [-0.3, -0.25) is 4.79 Å². The number of ether oxygens (including phenoxy) is 1. The fourth-order valence-electron chi connectivity index (χ4n) is 2.52. The Morgan fingerprint density at radius 3 is 2.88 bits per heavy atom. The number of nitrogens with zero attached hydrogens (tertiary/aromatic N) is 3. The third kappa shape index (κ3) is 4.01. The summed E-state index contributed by atoms with van der Waals surface area (Å²) in [6, 6.07) is 7.40. The number of carbonyl (C=O) groups excluding carboxylic acids is 1. The van der Waals surface area contributed by atoms with Gasteiger partial charge < -0.3 is 15.0 Å². The van der Waals surface area contributed by atoms with Gasteiger partial charge in [-0.1, -0.05) is 23.7 Å². The van der Waals surface area contributed by atoms with Crippen molar-refractivity contribution in [3.63, 3.8) is 0 Å². The minimum Gasteiger partial charge on any atom is -0.378 e. The minimum atomic E-state index is -0.194. The molecule has 126 valence electrons. The normalized spacial score (nSPS) is 14.5. The average molecular weight is 347 g/mol. The standard InChI is InChI=1S/C17H19ClN4O2/c1-12-15(11-20-17(21-12)22-5-7-24-8-6-22)16(23)19-10-13-3-2-4-14(18)9-13/h2-4,9,11H,5-8,10H2,1H3,(H,19,23). The highest BCUT2D eigenvalue weighted by atomic mass is 35.5. The molecule has 1 fully saturated rings. The first kappa shape index (κ1) is 16.7. The molecule has 6 nitrogen and oxygen atoms in total. The van der Waals surface area contributed by atoms with Gasteiger partial charge in [0.15, 0.2) is 0 Å². The van der Waals surface area contributed by atoms with Gasteiger partial charge >= 0.3 is 0 Å². The van der Waals surface area contributed by atoms with Crippen LogP contribution in [0.15, 0.2) is 30.5 Å². The lowest BCUT2D eigenvalue weighted by Crippen LogP contribution is -2.37. The number of rotatable bonds is 4. The number of aryl methyl sites for hydroxylation is 1. The summed E-state index contributed by atoms with van der Waals surface area (Å²) in [5.41, 5.74) is 2.09. The lowest BCUT2D eigenvalue weighted by atomic mass is 10.2. The molecule has 3 rings (SSSR count). The molecule has 0 bridgehead atoms.